The molecule has 7 N–H and O–H groups in total. The average Bonchev–Trinajstić information content (AvgIpc) is 2.70. The number of ether oxygens (including phenoxy) is 2. The highest BCUT2D eigenvalue weighted by atomic mass is 16.6. The lowest BCUT2D eigenvalue weighted by molar-refractivity contribution is -0.0153. The zero-order chi connectivity index (χ0) is 14.9. The van der Waals surface area contributed by atoms with E-state index in [0.717, 1.165) is 0 Å². The number of aromatic amines is 1. The van der Waals surface area contributed by atoms with Crippen molar-refractivity contribution < 1.29 is 24.8 Å². The minimum atomic E-state index is -1.33. The van der Waals surface area contributed by atoms with E-state index >= 15 is 0 Å². The van der Waals surface area contributed by atoms with E-state index in [9.17, 15) is 15.0 Å². The summed E-state index contributed by atoms with van der Waals surface area (Å²) in [4.78, 5) is 17.9. The van der Waals surface area contributed by atoms with E-state index in [0.29, 0.717) is 0 Å². The van der Waals surface area contributed by atoms with Crippen LogP contribution in [-0.4, -0.2) is 63.5 Å². The van der Waals surface area contributed by atoms with E-state index in [1.54, 1.807) is 0 Å². The molecule has 0 aromatic carbocycles. The molecule has 2 heterocycles. The van der Waals surface area contributed by atoms with Crippen molar-refractivity contribution in [3.8, 4) is 6.01 Å². The number of nitrogens with one attached hydrogen (secondary N) is 2. The number of aromatic nitrogens is 2. The Kier molecular flexibility index (Phi) is 4.09. The van der Waals surface area contributed by atoms with Gasteiger partial charge in [0, 0.05) is 0 Å². The number of aliphatic hydroxyl groups is 3. The van der Waals surface area contributed by atoms with Crippen molar-refractivity contribution in [3.05, 3.63) is 10.4 Å². The van der Waals surface area contributed by atoms with Gasteiger partial charge in [-0.15, -0.1) is 0 Å². The predicted molar refractivity (Wildman–Crippen MR) is 67.2 cm³/mol. The molecule has 2 rings (SSSR count). The summed E-state index contributed by atoms with van der Waals surface area (Å²) in [5.74, 6) is -0.150. The molecule has 1 aromatic rings. The summed E-state index contributed by atoms with van der Waals surface area (Å²) >= 11 is 0. The van der Waals surface area contributed by atoms with Crippen LogP contribution < -0.4 is 21.3 Å². The van der Waals surface area contributed by atoms with Gasteiger partial charge in [-0.1, -0.05) is 0 Å². The van der Waals surface area contributed by atoms with Crippen LogP contribution in [0.5, 0.6) is 6.01 Å². The van der Waals surface area contributed by atoms with Crippen LogP contribution in [0.15, 0.2) is 4.79 Å². The molecule has 4 atom stereocenters. The van der Waals surface area contributed by atoms with Crippen LogP contribution in [0.3, 0.4) is 0 Å². The molecule has 1 aliphatic heterocycles. The number of nitrogen functional groups attached to an aromatic ring is 1. The molecule has 0 aliphatic carbocycles. The number of aliphatic hydroxyl groups excluding tert-OH is 3. The molecule has 10 nitrogen and oxygen atoms in total. The molecular weight excluding hydrogens is 272 g/mol. The van der Waals surface area contributed by atoms with Gasteiger partial charge in [-0.25, -0.2) is 0 Å². The van der Waals surface area contributed by atoms with Crippen LogP contribution in [0, 0.1) is 0 Å². The number of rotatable bonds is 4. The van der Waals surface area contributed by atoms with Gasteiger partial charge in [0.25, 0.3) is 11.6 Å². The molecule has 1 aromatic heterocycles. The van der Waals surface area contributed by atoms with E-state index in [-0.39, 0.29) is 17.5 Å². The Hall–Kier alpha value is -1.88. The number of hydrogen-bond donors (Lipinski definition) is 6. The van der Waals surface area contributed by atoms with Crippen LogP contribution in [0.25, 0.3) is 0 Å². The van der Waals surface area contributed by atoms with E-state index in [1.807, 2.05) is 0 Å². The third-order valence-corrected chi connectivity index (χ3v) is 2.95. The number of nitrogens with two attached hydrogens (primary N) is 1. The SMILES string of the molecule is COc1nc(N)c(NC2O[C@@H](CO)[C@@H](O)[C@H]2O)c(=O)[nH]1. The minimum Gasteiger partial charge on any atom is -0.468 e. The number of hydrogen-bond acceptors (Lipinski definition) is 9. The van der Waals surface area contributed by atoms with Crippen molar-refractivity contribution in [2.75, 3.05) is 24.8 Å². The maximum Gasteiger partial charge on any atom is 0.298 e. The molecule has 20 heavy (non-hydrogen) atoms. The number of anilines is 2. The van der Waals surface area contributed by atoms with Gasteiger partial charge in [-0.2, -0.15) is 4.98 Å². The van der Waals surface area contributed by atoms with Crippen LogP contribution in [0.2, 0.25) is 0 Å². The first-order valence-corrected chi connectivity index (χ1v) is 5.80. The molecule has 1 aliphatic rings. The third kappa shape index (κ3) is 2.54. The fourth-order valence-corrected chi connectivity index (χ4v) is 1.87. The average molecular weight is 288 g/mol. The molecule has 10 heteroatoms. The lowest BCUT2D eigenvalue weighted by Crippen LogP contribution is -2.38. The number of H-pyrrole nitrogens is 1. The predicted octanol–water partition coefficient (Wildman–Crippen LogP) is -2.79. The number of nitrogens with zero attached hydrogens (tertiary/aromatic N) is 1. The summed E-state index contributed by atoms with van der Waals surface area (Å²) in [5.41, 5.74) is 4.86. The van der Waals surface area contributed by atoms with Crippen LogP contribution in [-0.2, 0) is 4.74 Å². The van der Waals surface area contributed by atoms with Crippen molar-refractivity contribution in [1.82, 2.24) is 9.97 Å². The fourth-order valence-electron chi connectivity index (χ4n) is 1.87. The monoisotopic (exact) mass is 288 g/mol. The van der Waals surface area contributed by atoms with Crippen LogP contribution in [0.4, 0.5) is 11.5 Å². The summed E-state index contributed by atoms with van der Waals surface area (Å²) in [6, 6.07) is -0.0563. The summed E-state index contributed by atoms with van der Waals surface area (Å²) in [7, 11) is 1.32. The van der Waals surface area contributed by atoms with E-state index in [2.05, 4.69) is 15.3 Å². The summed E-state index contributed by atoms with van der Waals surface area (Å²) in [6.07, 6.45) is -4.65. The topological polar surface area (TPSA) is 163 Å². The first-order chi connectivity index (χ1) is 9.47. The normalized spacial score (nSPS) is 29.4. The van der Waals surface area contributed by atoms with Gasteiger partial charge in [0.15, 0.2) is 12.0 Å². The largest absolute Gasteiger partial charge is 0.468 e. The van der Waals surface area contributed by atoms with Gasteiger partial charge < -0.3 is 35.8 Å². The zero-order valence-corrected chi connectivity index (χ0v) is 10.6. The lowest BCUT2D eigenvalue weighted by Gasteiger charge is -2.17. The van der Waals surface area contributed by atoms with Crippen LogP contribution >= 0.6 is 0 Å². The minimum absolute atomic E-state index is 0.0563. The molecule has 1 fully saturated rings. The van der Waals surface area contributed by atoms with Crippen molar-refractivity contribution in [2.45, 2.75) is 24.5 Å². The lowest BCUT2D eigenvalue weighted by atomic mass is 10.1. The molecule has 0 amide bonds. The third-order valence-electron chi connectivity index (χ3n) is 2.95. The Morgan fingerprint density at radius 1 is 1.50 bits per heavy atom. The Balaban J connectivity index is 2.21. The zero-order valence-electron chi connectivity index (χ0n) is 10.6. The van der Waals surface area contributed by atoms with E-state index in [1.165, 1.54) is 7.11 Å². The molecule has 0 radical (unpaired) electrons. The summed E-state index contributed by atoms with van der Waals surface area (Å²) < 4.78 is 9.92. The maximum atomic E-state index is 11.8. The highest BCUT2D eigenvalue weighted by Crippen LogP contribution is 2.23. The summed E-state index contributed by atoms with van der Waals surface area (Å²) in [5, 5.41) is 30.9. The Morgan fingerprint density at radius 3 is 2.70 bits per heavy atom. The van der Waals surface area contributed by atoms with Gasteiger partial charge in [-0.05, 0) is 0 Å². The summed E-state index contributed by atoms with van der Waals surface area (Å²) in [6.45, 7) is -0.469. The molecule has 112 valence electrons. The molecule has 0 bridgehead atoms. The Morgan fingerprint density at radius 2 is 2.20 bits per heavy atom. The van der Waals surface area contributed by atoms with E-state index < -0.39 is 36.7 Å². The Labute approximate surface area is 113 Å². The van der Waals surface area contributed by atoms with Crippen molar-refractivity contribution in [2.24, 2.45) is 0 Å². The fraction of sp³-hybridized carbons (Fsp3) is 0.600. The molecular formula is C10H16N4O6. The number of methoxy groups -OCH3 is 1. The first kappa shape index (κ1) is 14.5. The molecule has 1 saturated heterocycles. The smallest absolute Gasteiger partial charge is 0.298 e. The van der Waals surface area contributed by atoms with Crippen molar-refractivity contribution >= 4 is 11.5 Å². The van der Waals surface area contributed by atoms with Crippen molar-refractivity contribution in [1.29, 1.82) is 0 Å². The van der Waals surface area contributed by atoms with Crippen molar-refractivity contribution in [3.63, 3.8) is 0 Å². The Bertz CT molecular complexity index is 535. The van der Waals surface area contributed by atoms with Gasteiger partial charge in [0.1, 0.15) is 24.0 Å². The highest BCUT2D eigenvalue weighted by Gasteiger charge is 2.42. The van der Waals surface area contributed by atoms with Gasteiger partial charge >= 0.3 is 0 Å². The van der Waals surface area contributed by atoms with Gasteiger partial charge in [-0.3, -0.25) is 9.78 Å². The molecule has 1 unspecified atom stereocenters. The quantitative estimate of drug-likeness (QED) is 0.343. The van der Waals surface area contributed by atoms with E-state index in [4.69, 9.17) is 20.3 Å². The maximum absolute atomic E-state index is 11.8. The molecule has 0 spiro atoms. The first-order valence-electron chi connectivity index (χ1n) is 5.80. The second-order valence-electron chi connectivity index (χ2n) is 4.24. The van der Waals surface area contributed by atoms with Crippen LogP contribution in [0.1, 0.15) is 0 Å². The van der Waals surface area contributed by atoms with Gasteiger partial charge in [0.2, 0.25) is 0 Å². The van der Waals surface area contributed by atoms with Gasteiger partial charge in [0.05, 0.1) is 13.7 Å². The highest BCUT2D eigenvalue weighted by molar-refractivity contribution is 5.60. The molecule has 0 saturated carbocycles. The second kappa shape index (κ2) is 5.63. The second-order valence-corrected chi connectivity index (χ2v) is 4.24. The standard InChI is InChI=1S/C10H16N4O6/c1-19-10-13-7(11)4(8(18)14-10)12-9-6(17)5(16)3(2-15)20-9/h3,5-6,9,12,15-17H,2H2,1H3,(H3,11,13,14,18)/t3-,5+,6+,9?/m0/s1.